The Balaban J connectivity index is 1.79. The second-order valence-electron chi connectivity index (χ2n) is 6.45. The van der Waals surface area contributed by atoms with Crippen molar-refractivity contribution in [2.75, 3.05) is 5.73 Å². The fourth-order valence-corrected chi connectivity index (χ4v) is 4.17. The van der Waals surface area contributed by atoms with Crippen LogP contribution in [0.4, 0.5) is 5.13 Å². The van der Waals surface area contributed by atoms with E-state index < -0.39 is 57.7 Å². The molecule has 0 aromatic carbocycles. The van der Waals surface area contributed by atoms with Gasteiger partial charge in [-0.05, 0) is 6.92 Å². The molecule has 2 amide bonds. The number of oxime groups is 1. The van der Waals surface area contributed by atoms with Gasteiger partial charge in [-0.2, -0.15) is 13.1 Å². The third kappa shape index (κ3) is 4.48. The molecule has 17 heteroatoms. The number of nitrogens with two attached hydrogens (primary N) is 1. The van der Waals surface area contributed by atoms with E-state index in [2.05, 4.69) is 15.5 Å². The van der Waals surface area contributed by atoms with Gasteiger partial charge >= 0.3 is 10.3 Å². The molecule has 1 saturated heterocycles. The lowest BCUT2D eigenvalue weighted by molar-refractivity contribution is -0.143. The quantitative estimate of drug-likeness (QED) is 0.0966. The number of nitrogens with one attached hydrogen (secondary N) is 1. The number of thiazole rings is 1. The fraction of sp³-hybridized carbons (Fsp3) is 0.267. The van der Waals surface area contributed by atoms with Crippen molar-refractivity contribution in [1.82, 2.24) is 19.3 Å². The minimum absolute atomic E-state index is 0.0249. The normalized spacial score (nSPS) is 18.9. The first-order valence-electron chi connectivity index (χ1n) is 8.56. The van der Waals surface area contributed by atoms with E-state index >= 15 is 0 Å². The molecule has 0 bridgehead atoms. The Kier molecular flexibility index (Phi) is 6.06. The summed E-state index contributed by atoms with van der Waals surface area (Å²) in [4.78, 5) is 45.1. The van der Waals surface area contributed by atoms with E-state index in [9.17, 15) is 33.1 Å². The molecule has 2 atom stereocenters. The lowest BCUT2D eigenvalue weighted by Gasteiger charge is -2.42. The van der Waals surface area contributed by atoms with Crippen LogP contribution in [0.25, 0.3) is 0 Å². The van der Waals surface area contributed by atoms with Crippen LogP contribution in [-0.4, -0.2) is 66.9 Å². The number of nitrogens with zero attached hydrogens (tertiary/aromatic N) is 4. The van der Waals surface area contributed by atoms with Crippen molar-refractivity contribution in [3.8, 4) is 5.75 Å². The first-order chi connectivity index (χ1) is 14.9. The molecule has 3 heterocycles. The van der Waals surface area contributed by atoms with E-state index in [4.69, 9.17) is 15.1 Å². The number of anilines is 1. The highest BCUT2D eigenvalue weighted by molar-refractivity contribution is 7.84. The van der Waals surface area contributed by atoms with Crippen LogP contribution in [0.5, 0.6) is 5.75 Å². The molecule has 15 nitrogen and oxygen atoms in total. The van der Waals surface area contributed by atoms with E-state index in [0.29, 0.717) is 4.73 Å². The monoisotopic (exact) mass is 488 g/mol. The lowest BCUT2D eigenvalue weighted by Crippen LogP contribution is -2.71. The Hall–Kier alpha value is -3.70. The Labute approximate surface area is 183 Å². The van der Waals surface area contributed by atoms with Crippen LogP contribution in [0.2, 0.25) is 0 Å². The van der Waals surface area contributed by atoms with Gasteiger partial charge in [0.2, 0.25) is 5.43 Å². The summed E-state index contributed by atoms with van der Waals surface area (Å²) in [6.45, 7) is 0.789. The number of hydrogen-bond donors (Lipinski definition) is 5. The van der Waals surface area contributed by atoms with Gasteiger partial charge in [-0.15, -0.1) is 11.3 Å². The molecule has 2 aromatic heterocycles. The first-order valence-corrected chi connectivity index (χ1v) is 10.8. The van der Waals surface area contributed by atoms with Crippen LogP contribution in [0, 0.1) is 0 Å². The third-order valence-electron chi connectivity index (χ3n) is 4.31. The SMILES string of the molecule is C[C@H]1[C@H](NC(=O)/C(=N\OCc2cc(=O)c(O)cn2O)c2csc(N)n2)C(=O)N1S(=O)(=O)O. The number of hydrogen-bond acceptors (Lipinski definition) is 12. The van der Waals surface area contributed by atoms with Gasteiger partial charge in [0.1, 0.15) is 17.4 Å². The van der Waals surface area contributed by atoms with Crippen molar-refractivity contribution >= 4 is 44.3 Å². The molecule has 0 aliphatic carbocycles. The number of carbonyl (C=O) groups excluding carboxylic acids is 2. The molecule has 32 heavy (non-hydrogen) atoms. The number of amides is 2. The summed E-state index contributed by atoms with van der Waals surface area (Å²) in [7, 11) is -4.78. The molecule has 3 rings (SSSR count). The maximum Gasteiger partial charge on any atom is 0.362 e. The third-order valence-corrected chi connectivity index (χ3v) is 5.99. The lowest BCUT2D eigenvalue weighted by atomic mass is 10.0. The number of pyridine rings is 1. The minimum Gasteiger partial charge on any atom is -0.503 e. The van der Waals surface area contributed by atoms with E-state index in [1.807, 2.05) is 0 Å². The molecule has 0 unspecified atom stereocenters. The van der Waals surface area contributed by atoms with E-state index in [1.165, 1.54) is 12.3 Å². The zero-order valence-electron chi connectivity index (χ0n) is 16.1. The number of rotatable bonds is 7. The standard InChI is InChI=1S/C15H16N6O9S2/c1-6-11(14(25)21(6)32(27,28)29)18-13(24)12(8-5-31-15(16)17-8)19-30-4-7-2-9(22)10(23)3-20(7)26/h2-3,5-6,11,23,26H,4H2,1H3,(H2,16,17)(H,18,24)(H,27,28,29)/b19-12-/t6-,11-/m0/s1. The van der Waals surface area contributed by atoms with Crippen LogP contribution in [0.1, 0.15) is 18.3 Å². The topological polar surface area (TPSA) is 227 Å². The summed E-state index contributed by atoms with van der Waals surface area (Å²) in [5.41, 5.74) is 4.21. The maximum atomic E-state index is 12.7. The Bertz CT molecular complexity index is 1270. The summed E-state index contributed by atoms with van der Waals surface area (Å²) in [6, 6.07) is -1.46. The second kappa shape index (κ2) is 8.44. The zero-order valence-corrected chi connectivity index (χ0v) is 17.7. The average molecular weight is 488 g/mol. The van der Waals surface area contributed by atoms with Gasteiger partial charge in [0.05, 0.1) is 12.2 Å². The Morgan fingerprint density at radius 3 is 2.69 bits per heavy atom. The molecule has 2 aromatic rings. The fourth-order valence-electron chi connectivity index (χ4n) is 2.74. The molecule has 1 fully saturated rings. The van der Waals surface area contributed by atoms with Crippen LogP contribution >= 0.6 is 11.3 Å². The van der Waals surface area contributed by atoms with Crippen molar-refractivity contribution < 1.29 is 37.7 Å². The highest BCUT2D eigenvalue weighted by atomic mass is 32.2. The largest absolute Gasteiger partial charge is 0.503 e. The molecule has 1 aliphatic heterocycles. The Morgan fingerprint density at radius 1 is 1.44 bits per heavy atom. The molecule has 0 radical (unpaired) electrons. The van der Waals surface area contributed by atoms with Crippen molar-refractivity contribution in [3.05, 3.63) is 39.3 Å². The predicted octanol–water partition coefficient (Wildman–Crippen LogP) is -1.73. The van der Waals surface area contributed by atoms with Crippen LogP contribution in [0.15, 0.2) is 27.6 Å². The minimum atomic E-state index is -4.78. The van der Waals surface area contributed by atoms with Crippen molar-refractivity contribution in [2.45, 2.75) is 25.6 Å². The summed E-state index contributed by atoms with van der Waals surface area (Å²) < 4.78 is 32.1. The van der Waals surface area contributed by atoms with E-state index in [0.717, 1.165) is 23.6 Å². The Morgan fingerprint density at radius 2 is 2.12 bits per heavy atom. The molecular weight excluding hydrogens is 472 g/mol. The van der Waals surface area contributed by atoms with Gasteiger partial charge in [0, 0.05) is 11.4 Å². The van der Waals surface area contributed by atoms with E-state index in [-0.39, 0.29) is 20.8 Å². The van der Waals surface area contributed by atoms with Crippen molar-refractivity contribution in [2.24, 2.45) is 5.16 Å². The summed E-state index contributed by atoms with van der Waals surface area (Å²) in [6.07, 6.45) is 0.740. The molecule has 172 valence electrons. The zero-order chi connectivity index (χ0) is 23.8. The highest BCUT2D eigenvalue weighted by Crippen LogP contribution is 2.23. The summed E-state index contributed by atoms with van der Waals surface area (Å²) >= 11 is 0.979. The number of β-lactam (4-membered cyclic amide) rings is 1. The summed E-state index contributed by atoms with van der Waals surface area (Å²) in [5, 5.41) is 26.3. The number of nitrogen functional groups attached to an aromatic ring is 1. The molecule has 1 aliphatic rings. The first kappa shape index (κ1) is 23.0. The van der Waals surface area contributed by atoms with E-state index in [1.54, 1.807) is 0 Å². The molecule has 0 saturated carbocycles. The van der Waals surface area contributed by atoms with Gasteiger partial charge in [-0.1, -0.05) is 5.16 Å². The predicted molar refractivity (Wildman–Crippen MR) is 107 cm³/mol. The highest BCUT2D eigenvalue weighted by Gasteiger charge is 2.51. The van der Waals surface area contributed by atoms with Crippen LogP contribution < -0.4 is 16.5 Å². The van der Waals surface area contributed by atoms with Gasteiger partial charge < -0.3 is 26.2 Å². The molecule has 6 N–H and O–H groups in total. The van der Waals surface area contributed by atoms with Gasteiger partial charge in [0.15, 0.2) is 23.2 Å². The number of aromatic nitrogens is 2. The number of carbonyl (C=O) groups is 2. The van der Waals surface area contributed by atoms with Gasteiger partial charge in [-0.3, -0.25) is 18.9 Å². The average Bonchev–Trinajstić information content (AvgIpc) is 3.11. The van der Waals surface area contributed by atoms with Crippen molar-refractivity contribution in [1.29, 1.82) is 0 Å². The summed E-state index contributed by atoms with van der Waals surface area (Å²) in [5.74, 6) is -2.72. The maximum absolute atomic E-state index is 12.7. The molecule has 0 spiro atoms. The second-order valence-corrected chi connectivity index (χ2v) is 8.63. The van der Waals surface area contributed by atoms with Gasteiger partial charge in [-0.25, -0.2) is 9.29 Å². The van der Waals surface area contributed by atoms with Gasteiger partial charge in [0.25, 0.3) is 11.8 Å². The van der Waals surface area contributed by atoms with Crippen LogP contribution in [-0.2, 0) is 31.3 Å². The molecular formula is C15H16N6O9S2. The number of aromatic hydroxyl groups is 1. The van der Waals surface area contributed by atoms with Crippen molar-refractivity contribution in [3.63, 3.8) is 0 Å². The van der Waals surface area contributed by atoms with Crippen LogP contribution in [0.3, 0.4) is 0 Å². The smallest absolute Gasteiger partial charge is 0.362 e.